The molecule has 7 unspecified atom stereocenters. The molecule has 0 radical (unpaired) electrons. The Kier molecular flexibility index (Phi) is 6.83. The summed E-state index contributed by atoms with van der Waals surface area (Å²) in [6.45, 7) is 7.94. The number of benzene rings is 2. The normalized spacial score (nSPS) is 31.0. The zero-order valence-corrected chi connectivity index (χ0v) is 24.9. The molecule has 0 spiro atoms. The van der Waals surface area contributed by atoms with E-state index in [1.165, 1.54) is 20.9 Å². The molecule has 5 aliphatic rings. The number of carbonyl (C=O) groups excluding carboxylic acids is 4. The lowest BCUT2D eigenvalue weighted by atomic mass is 9.80. The van der Waals surface area contributed by atoms with Crippen LogP contribution in [0.2, 0.25) is 0 Å². The third-order valence-electron chi connectivity index (χ3n) is 10.6. The summed E-state index contributed by atoms with van der Waals surface area (Å²) in [6, 6.07) is 15.3. The number of hydrogen-bond donors (Lipinski definition) is 0. The maximum atomic E-state index is 13.4. The highest BCUT2D eigenvalue weighted by Crippen LogP contribution is 2.56. The monoisotopic (exact) mass is 574 g/mol. The highest BCUT2D eigenvalue weighted by Gasteiger charge is 2.61. The van der Waals surface area contributed by atoms with E-state index >= 15 is 0 Å². The van der Waals surface area contributed by atoms with Crippen molar-refractivity contribution in [2.24, 2.45) is 41.4 Å². The van der Waals surface area contributed by atoms with Crippen LogP contribution in [0, 0.1) is 41.4 Å². The standard InChI is InChI=1S/C37H38N2O4/c1-4-6-24-18-27-20-30(24)21(3)34(40)38(35(27)41)28-12-8-22(9-13-28)16-23-10-14-29(15-11-23)39-36(42)32-26-17-25(7-5-2)31(19-26)33(32)37(39)43/h5,8-15,17-18,21,26-27,30-33H,2,4,6-7,16,19-20H2,1,3H3. The van der Waals surface area contributed by atoms with Gasteiger partial charge in [0.05, 0.1) is 29.1 Å². The maximum Gasteiger partial charge on any atom is 0.240 e. The highest BCUT2D eigenvalue weighted by molar-refractivity contribution is 6.23. The van der Waals surface area contributed by atoms with Crippen LogP contribution >= 0.6 is 0 Å². The Morgan fingerprint density at radius 3 is 1.95 bits per heavy atom. The van der Waals surface area contributed by atoms with Gasteiger partial charge >= 0.3 is 0 Å². The summed E-state index contributed by atoms with van der Waals surface area (Å²) in [7, 11) is 0. The fourth-order valence-electron chi connectivity index (χ4n) is 8.56. The van der Waals surface area contributed by atoms with Crippen molar-refractivity contribution in [1.29, 1.82) is 0 Å². The molecule has 2 aromatic rings. The number of imide groups is 2. The maximum absolute atomic E-state index is 13.4. The third kappa shape index (κ3) is 4.37. The smallest absolute Gasteiger partial charge is 0.240 e. The van der Waals surface area contributed by atoms with Gasteiger partial charge in [0.25, 0.3) is 0 Å². The second-order valence-electron chi connectivity index (χ2n) is 13.1. The van der Waals surface area contributed by atoms with Gasteiger partial charge < -0.3 is 0 Å². The molecular formula is C37H38N2O4. The van der Waals surface area contributed by atoms with Gasteiger partial charge in [-0.15, -0.1) is 6.58 Å². The topological polar surface area (TPSA) is 74.8 Å². The summed E-state index contributed by atoms with van der Waals surface area (Å²) >= 11 is 0. The Hall–Kier alpha value is -4.06. The molecule has 43 heavy (non-hydrogen) atoms. The Bertz CT molecular complexity index is 1580. The molecule has 7 rings (SSSR count). The van der Waals surface area contributed by atoms with Crippen molar-refractivity contribution in [3.05, 3.63) is 95.6 Å². The number of nitrogens with zero attached hydrogens (tertiary/aromatic N) is 2. The molecule has 1 saturated carbocycles. The van der Waals surface area contributed by atoms with Gasteiger partial charge in [0.15, 0.2) is 0 Å². The average Bonchev–Trinajstić information content (AvgIpc) is 3.75. The lowest BCUT2D eigenvalue weighted by Crippen LogP contribution is -2.42. The number of hydrogen-bond acceptors (Lipinski definition) is 4. The number of rotatable bonds is 8. The molecule has 0 N–H and O–H groups in total. The van der Waals surface area contributed by atoms with E-state index in [0.29, 0.717) is 17.8 Å². The second-order valence-corrected chi connectivity index (χ2v) is 13.1. The first-order valence-electron chi connectivity index (χ1n) is 15.8. The van der Waals surface area contributed by atoms with Gasteiger partial charge in [-0.3, -0.25) is 24.1 Å². The van der Waals surface area contributed by atoms with Crippen LogP contribution < -0.4 is 9.80 Å². The minimum absolute atomic E-state index is 0.0716. The molecule has 0 aromatic heterocycles. The molecule has 3 fully saturated rings. The fraction of sp³-hybridized carbons (Fsp3) is 0.405. The first-order chi connectivity index (χ1) is 20.8. The van der Waals surface area contributed by atoms with E-state index in [1.54, 1.807) is 0 Å². The van der Waals surface area contributed by atoms with E-state index < -0.39 is 0 Å². The van der Waals surface area contributed by atoms with E-state index in [2.05, 4.69) is 25.7 Å². The van der Waals surface area contributed by atoms with Gasteiger partial charge in [-0.25, -0.2) is 4.90 Å². The first kappa shape index (κ1) is 27.8. The summed E-state index contributed by atoms with van der Waals surface area (Å²) < 4.78 is 0. The predicted octanol–water partition coefficient (Wildman–Crippen LogP) is 6.41. The van der Waals surface area contributed by atoms with Gasteiger partial charge in [0, 0.05) is 5.92 Å². The van der Waals surface area contributed by atoms with Crippen LogP contribution in [-0.4, -0.2) is 23.6 Å². The lowest BCUT2D eigenvalue weighted by Gasteiger charge is -2.27. The highest BCUT2D eigenvalue weighted by atomic mass is 16.2. The SMILES string of the molecule is C=CCC1=CC2CC1C1C(=O)N(c3ccc(Cc4ccc(N5C(=O)C6C=C(CCC)C(C6)C(C)C5=O)cc4)cc3)C(=O)C21. The number of amides is 4. The van der Waals surface area contributed by atoms with Crippen LogP contribution in [0.5, 0.6) is 0 Å². The van der Waals surface area contributed by atoms with Crippen LogP contribution in [0.25, 0.3) is 0 Å². The van der Waals surface area contributed by atoms with Crippen LogP contribution in [0.4, 0.5) is 11.4 Å². The number of fused-ring (bicyclic) bond motifs is 7. The molecule has 6 heteroatoms. The van der Waals surface area contributed by atoms with Gasteiger partial charge in [0.1, 0.15) is 0 Å². The minimum Gasteiger partial charge on any atom is -0.274 e. The number of carbonyl (C=O) groups is 4. The average molecular weight is 575 g/mol. The Balaban J connectivity index is 1.04. The van der Waals surface area contributed by atoms with E-state index in [1.807, 2.05) is 61.5 Å². The number of allylic oxidation sites excluding steroid dienone is 4. The summed E-state index contributed by atoms with van der Waals surface area (Å²) in [5, 5.41) is 0. The summed E-state index contributed by atoms with van der Waals surface area (Å²) in [6.07, 6.45) is 11.2. The van der Waals surface area contributed by atoms with Crippen molar-refractivity contribution < 1.29 is 19.2 Å². The van der Waals surface area contributed by atoms with Gasteiger partial charge in [0.2, 0.25) is 23.6 Å². The van der Waals surface area contributed by atoms with Crippen molar-refractivity contribution in [2.45, 2.75) is 52.4 Å². The quantitative estimate of drug-likeness (QED) is 0.270. The largest absolute Gasteiger partial charge is 0.274 e. The van der Waals surface area contributed by atoms with E-state index in [0.717, 1.165) is 43.2 Å². The molecule has 6 nitrogen and oxygen atoms in total. The molecule has 3 aliphatic carbocycles. The molecule has 7 atom stereocenters. The summed E-state index contributed by atoms with van der Waals surface area (Å²) in [5.74, 6) is -0.841. The van der Waals surface area contributed by atoms with Crippen LogP contribution in [0.15, 0.2) is 84.5 Å². The molecule has 2 aliphatic heterocycles. The van der Waals surface area contributed by atoms with Gasteiger partial charge in [-0.1, -0.05) is 73.9 Å². The van der Waals surface area contributed by atoms with Crippen molar-refractivity contribution in [3.8, 4) is 0 Å². The van der Waals surface area contributed by atoms with Crippen molar-refractivity contribution >= 4 is 35.0 Å². The molecule has 4 bridgehead atoms. The van der Waals surface area contributed by atoms with Crippen LogP contribution in [-0.2, 0) is 25.6 Å². The molecule has 2 aromatic carbocycles. The Morgan fingerprint density at radius 1 is 0.744 bits per heavy atom. The van der Waals surface area contributed by atoms with Crippen LogP contribution in [0.1, 0.15) is 57.1 Å². The lowest BCUT2D eigenvalue weighted by molar-refractivity contribution is -0.129. The van der Waals surface area contributed by atoms with Gasteiger partial charge in [-0.05, 0) is 85.3 Å². The minimum atomic E-state index is -0.244. The van der Waals surface area contributed by atoms with Gasteiger partial charge in [-0.2, -0.15) is 0 Å². The zero-order valence-electron chi connectivity index (χ0n) is 24.9. The summed E-state index contributed by atoms with van der Waals surface area (Å²) in [4.78, 5) is 56.5. The van der Waals surface area contributed by atoms with E-state index in [4.69, 9.17) is 0 Å². The fourth-order valence-corrected chi connectivity index (χ4v) is 8.56. The molecular weight excluding hydrogens is 536 g/mol. The van der Waals surface area contributed by atoms with Crippen molar-refractivity contribution in [3.63, 3.8) is 0 Å². The molecule has 2 heterocycles. The van der Waals surface area contributed by atoms with Crippen molar-refractivity contribution in [2.75, 3.05) is 9.80 Å². The Labute approximate surface area is 253 Å². The van der Waals surface area contributed by atoms with E-state index in [-0.39, 0.29) is 65.1 Å². The third-order valence-corrected chi connectivity index (χ3v) is 10.6. The van der Waals surface area contributed by atoms with Crippen LogP contribution in [0.3, 0.4) is 0 Å². The van der Waals surface area contributed by atoms with Crippen molar-refractivity contribution in [1.82, 2.24) is 0 Å². The van der Waals surface area contributed by atoms with E-state index in [9.17, 15) is 19.2 Å². The first-order valence-corrected chi connectivity index (χ1v) is 15.8. The Morgan fingerprint density at radius 2 is 1.35 bits per heavy atom. The summed E-state index contributed by atoms with van der Waals surface area (Å²) in [5.41, 5.74) is 5.88. The molecule has 220 valence electrons. The predicted molar refractivity (Wildman–Crippen MR) is 166 cm³/mol. The molecule has 4 amide bonds. The number of anilines is 2. The molecule has 2 saturated heterocycles. The second kappa shape index (κ2) is 10.6. The zero-order chi connectivity index (χ0) is 30.0.